The van der Waals surface area contributed by atoms with Crippen LogP contribution in [0.3, 0.4) is 0 Å². The Morgan fingerprint density at radius 3 is 2.50 bits per heavy atom. The predicted octanol–water partition coefficient (Wildman–Crippen LogP) is 3.26. The molecule has 2 aliphatic rings. The molecule has 0 radical (unpaired) electrons. The molecular weight excluding hydrogens is 250 g/mol. The number of nitrogens with one attached hydrogen (secondary N) is 1. The Kier molecular flexibility index (Phi) is 4.78. The highest BCUT2D eigenvalue weighted by molar-refractivity contribution is 5.76. The van der Waals surface area contributed by atoms with Gasteiger partial charge in [-0.15, -0.1) is 0 Å². The summed E-state index contributed by atoms with van der Waals surface area (Å²) < 4.78 is 0. The molecule has 20 heavy (non-hydrogen) atoms. The minimum Gasteiger partial charge on any atom is -0.388 e. The van der Waals surface area contributed by atoms with Crippen molar-refractivity contribution in [1.82, 2.24) is 5.32 Å². The first-order chi connectivity index (χ1) is 9.28. The Balaban J connectivity index is 1.76. The van der Waals surface area contributed by atoms with E-state index in [2.05, 4.69) is 26.1 Å². The van der Waals surface area contributed by atoms with Crippen LogP contribution in [-0.2, 0) is 4.79 Å². The zero-order valence-electron chi connectivity index (χ0n) is 13.4. The smallest absolute Gasteiger partial charge is 0.220 e. The number of carbonyl (C=O) groups excluding carboxylic acids is 1. The Morgan fingerprint density at radius 1 is 1.25 bits per heavy atom. The van der Waals surface area contributed by atoms with Gasteiger partial charge in [0.05, 0.1) is 5.60 Å². The third-order valence-corrected chi connectivity index (χ3v) is 5.10. The molecule has 0 aromatic heterocycles. The van der Waals surface area contributed by atoms with E-state index in [1.54, 1.807) is 0 Å². The maximum Gasteiger partial charge on any atom is 0.220 e. The number of rotatable bonds is 4. The molecule has 0 aromatic rings. The van der Waals surface area contributed by atoms with Crippen LogP contribution in [0.1, 0.15) is 72.1 Å². The SMILES string of the molecule is C[C@H]1C[C@H](CC(=O)NCC2(O)CCCC2)CC(C)(C)C1. The summed E-state index contributed by atoms with van der Waals surface area (Å²) in [6, 6.07) is 0. The largest absolute Gasteiger partial charge is 0.388 e. The Bertz CT molecular complexity index is 345. The van der Waals surface area contributed by atoms with Gasteiger partial charge in [-0.3, -0.25) is 4.79 Å². The van der Waals surface area contributed by atoms with Gasteiger partial charge in [0.15, 0.2) is 0 Å². The lowest BCUT2D eigenvalue weighted by Crippen LogP contribution is -2.41. The van der Waals surface area contributed by atoms with Crippen molar-refractivity contribution < 1.29 is 9.90 Å². The van der Waals surface area contributed by atoms with E-state index in [1.165, 1.54) is 12.8 Å². The third-order valence-electron chi connectivity index (χ3n) is 5.10. The molecule has 0 unspecified atom stereocenters. The minimum absolute atomic E-state index is 0.125. The molecule has 2 N–H and O–H groups in total. The number of hydrogen-bond acceptors (Lipinski definition) is 2. The van der Waals surface area contributed by atoms with Crippen LogP contribution in [0.2, 0.25) is 0 Å². The molecule has 2 fully saturated rings. The molecule has 2 aliphatic carbocycles. The fourth-order valence-electron chi connectivity index (χ4n) is 4.51. The van der Waals surface area contributed by atoms with Crippen molar-refractivity contribution in [3.05, 3.63) is 0 Å². The van der Waals surface area contributed by atoms with Crippen LogP contribution in [0.5, 0.6) is 0 Å². The Labute approximate surface area is 123 Å². The summed E-state index contributed by atoms with van der Waals surface area (Å²) in [5.74, 6) is 1.35. The van der Waals surface area contributed by atoms with Crippen molar-refractivity contribution in [3.8, 4) is 0 Å². The van der Waals surface area contributed by atoms with Crippen LogP contribution in [0.4, 0.5) is 0 Å². The molecule has 116 valence electrons. The second kappa shape index (κ2) is 6.05. The van der Waals surface area contributed by atoms with E-state index in [4.69, 9.17) is 0 Å². The number of aliphatic hydroxyl groups is 1. The van der Waals surface area contributed by atoms with E-state index in [9.17, 15) is 9.90 Å². The molecule has 2 saturated carbocycles. The fourth-order valence-corrected chi connectivity index (χ4v) is 4.51. The van der Waals surface area contributed by atoms with Crippen LogP contribution < -0.4 is 5.32 Å². The lowest BCUT2D eigenvalue weighted by atomic mass is 9.67. The molecule has 1 amide bonds. The molecule has 0 spiro atoms. The van der Waals surface area contributed by atoms with Crippen molar-refractivity contribution >= 4 is 5.91 Å². The maximum atomic E-state index is 12.1. The van der Waals surface area contributed by atoms with Gasteiger partial charge in [0.25, 0.3) is 0 Å². The van der Waals surface area contributed by atoms with E-state index in [1.807, 2.05) is 0 Å². The van der Waals surface area contributed by atoms with Gasteiger partial charge in [0.1, 0.15) is 0 Å². The Hall–Kier alpha value is -0.570. The highest BCUT2D eigenvalue weighted by atomic mass is 16.3. The van der Waals surface area contributed by atoms with Gasteiger partial charge in [-0.05, 0) is 49.4 Å². The summed E-state index contributed by atoms with van der Waals surface area (Å²) in [6.07, 6.45) is 8.05. The molecule has 0 aliphatic heterocycles. The fraction of sp³-hybridized carbons (Fsp3) is 0.941. The van der Waals surface area contributed by atoms with Crippen LogP contribution >= 0.6 is 0 Å². The first kappa shape index (κ1) is 15.8. The van der Waals surface area contributed by atoms with Crippen molar-refractivity contribution in [2.75, 3.05) is 6.54 Å². The average molecular weight is 281 g/mol. The average Bonchev–Trinajstić information content (AvgIpc) is 2.71. The van der Waals surface area contributed by atoms with Crippen molar-refractivity contribution in [2.45, 2.75) is 77.7 Å². The normalized spacial score (nSPS) is 32.0. The van der Waals surface area contributed by atoms with E-state index >= 15 is 0 Å². The molecule has 0 bridgehead atoms. The van der Waals surface area contributed by atoms with Crippen LogP contribution in [0.25, 0.3) is 0 Å². The van der Waals surface area contributed by atoms with Gasteiger partial charge < -0.3 is 10.4 Å². The molecule has 2 atom stereocenters. The third kappa shape index (κ3) is 4.47. The molecule has 3 heteroatoms. The maximum absolute atomic E-state index is 12.1. The van der Waals surface area contributed by atoms with Crippen molar-refractivity contribution in [3.63, 3.8) is 0 Å². The lowest BCUT2D eigenvalue weighted by Gasteiger charge is -2.39. The summed E-state index contributed by atoms with van der Waals surface area (Å²) in [5, 5.41) is 13.2. The summed E-state index contributed by atoms with van der Waals surface area (Å²) in [5.41, 5.74) is -0.263. The van der Waals surface area contributed by atoms with Crippen LogP contribution in [0.15, 0.2) is 0 Å². The molecule has 0 heterocycles. The molecule has 2 rings (SSSR count). The van der Waals surface area contributed by atoms with Gasteiger partial charge in [-0.1, -0.05) is 33.6 Å². The number of hydrogen-bond donors (Lipinski definition) is 2. The highest BCUT2D eigenvalue weighted by Crippen LogP contribution is 2.42. The number of amides is 1. The predicted molar refractivity (Wildman–Crippen MR) is 81.3 cm³/mol. The second-order valence-electron chi connectivity index (χ2n) is 8.19. The van der Waals surface area contributed by atoms with Gasteiger partial charge in [0.2, 0.25) is 5.91 Å². The molecular formula is C17H31NO2. The first-order valence-electron chi connectivity index (χ1n) is 8.27. The first-order valence-corrected chi connectivity index (χ1v) is 8.27. The second-order valence-corrected chi connectivity index (χ2v) is 8.19. The van der Waals surface area contributed by atoms with E-state index in [0.717, 1.165) is 38.0 Å². The Morgan fingerprint density at radius 2 is 1.90 bits per heavy atom. The van der Waals surface area contributed by atoms with Gasteiger partial charge >= 0.3 is 0 Å². The van der Waals surface area contributed by atoms with E-state index < -0.39 is 5.60 Å². The van der Waals surface area contributed by atoms with Gasteiger partial charge in [-0.25, -0.2) is 0 Å². The quantitative estimate of drug-likeness (QED) is 0.831. The van der Waals surface area contributed by atoms with Crippen LogP contribution in [-0.4, -0.2) is 23.2 Å². The van der Waals surface area contributed by atoms with Gasteiger partial charge in [-0.2, -0.15) is 0 Å². The zero-order chi connectivity index (χ0) is 14.8. The molecule has 0 saturated heterocycles. The van der Waals surface area contributed by atoms with Gasteiger partial charge in [0, 0.05) is 13.0 Å². The summed E-state index contributed by atoms with van der Waals surface area (Å²) in [4.78, 5) is 12.1. The summed E-state index contributed by atoms with van der Waals surface area (Å²) in [6.45, 7) is 7.37. The van der Waals surface area contributed by atoms with Crippen molar-refractivity contribution in [2.24, 2.45) is 17.3 Å². The topological polar surface area (TPSA) is 49.3 Å². The van der Waals surface area contributed by atoms with Crippen LogP contribution in [0, 0.1) is 17.3 Å². The summed E-state index contributed by atoms with van der Waals surface area (Å²) >= 11 is 0. The lowest BCUT2D eigenvalue weighted by molar-refractivity contribution is -0.123. The standard InChI is InChI=1S/C17H31NO2/c1-13-8-14(11-16(2,3)10-13)9-15(19)18-12-17(20)6-4-5-7-17/h13-14,20H,4-12H2,1-3H3,(H,18,19)/t13-,14+/m0/s1. The van der Waals surface area contributed by atoms with E-state index in [0.29, 0.717) is 24.3 Å². The molecule has 0 aromatic carbocycles. The molecule has 3 nitrogen and oxygen atoms in total. The zero-order valence-corrected chi connectivity index (χ0v) is 13.4. The monoisotopic (exact) mass is 281 g/mol. The van der Waals surface area contributed by atoms with E-state index in [-0.39, 0.29) is 5.91 Å². The highest BCUT2D eigenvalue weighted by Gasteiger charge is 2.34. The summed E-state index contributed by atoms with van der Waals surface area (Å²) in [7, 11) is 0. The van der Waals surface area contributed by atoms with Crippen molar-refractivity contribution in [1.29, 1.82) is 0 Å². The number of carbonyl (C=O) groups is 1. The minimum atomic E-state index is -0.630.